The van der Waals surface area contributed by atoms with Gasteiger partial charge in [-0.2, -0.15) is 0 Å². The van der Waals surface area contributed by atoms with E-state index in [4.69, 9.17) is 16.5 Å². The SMILES string of the molecule is O[C@@H](CNCl)COc1ccccc1F. The molecule has 78 valence electrons. The Morgan fingerprint density at radius 1 is 1.50 bits per heavy atom. The molecule has 0 aliphatic rings. The first-order valence-corrected chi connectivity index (χ1v) is 4.50. The van der Waals surface area contributed by atoms with Crippen LogP contribution in [0.4, 0.5) is 4.39 Å². The van der Waals surface area contributed by atoms with Gasteiger partial charge >= 0.3 is 0 Å². The fourth-order valence-corrected chi connectivity index (χ4v) is 1.07. The van der Waals surface area contributed by atoms with Crippen molar-refractivity contribution in [1.29, 1.82) is 0 Å². The lowest BCUT2D eigenvalue weighted by atomic mass is 10.3. The molecule has 0 unspecified atom stereocenters. The van der Waals surface area contributed by atoms with Crippen LogP contribution in [0.2, 0.25) is 0 Å². The van der Waals surface area contributed by atoms with Gasteiger partial charge in [0.15, 0.2) is 11.6 Å². The molecule has 2 N–H and O–H groups in total. The molecule has 1 aromatic carbocycles. The molecule has 0 aromatic heterocycles. The van der Waals surface area contributed by atoms with Crippen molar-refractivity contribution in [2.45, 2.75) is 6.10 Å². The first kappa shape index (κ1) is 11.2. The molecule has 0 aliphatic heterocycles. The van der Waals surface area contributed by atoms with E-state index in [1.54, 1.807) is 12.1 Å². The Morgan fingerprint density at radius 3 is 2.86 bits per heavy atom. The van der Waals surface area contributed by atoms with Gasteiger partial charge in [-0.25, -0.2) is 9.23 Å². The van der Waals surface area contributed by atoms with Crippen molar-refractivity contribution >= 4 is 11.8 Å². The second kappa shape index (κ2) is 5.80. The number of rotatable bonds is 5. The standard InChI is InChI=1S/C9H11ClFNO2/c10-12-5-7(13)6-14-9-4-2-1-3-8(9)11/h1-4,7,12-13H,5-6H2/t7-/m0/s1. The lowest BCUT2D eigenvalue weighted by molar-refractivity contribution is 0.109. The average molecular weight is 220 g/mol. The summed E-state index contributed by atoms with van der Waals surface area (Å²) in [6, 6.07) is 6.02. The Labute approximate surface area is 86.6 Å². The number of ether oxygens (including phenoxy) is 1. The number of hydrogen-bond donors (Lipinski definition) is 2. The lowest BCUT2D eigenvalue weighted by Gasteiger charge is -2.11. The molecule has 1 aromatic rings. The number of aliphatic hydroxyl groups excluding tert-OH is 1. The molecule has 0 amide bonds. The molecule has 0 aliphatic carbocycles. The molecule has 5 heteroatoms. The summed E-state index contributed by atoms with van der Waals surface area (Å²) in [5, 5.41) is 9.21. The smallest absolute Gasteiger partial charge is 0.165 e. The number of benzene rings is 1. The van der Waals surface area contributed by atoms with Gasteiger partial charge < -0.3 is 9.84 Å². The third-order valence-electron chi connectivity index (χ3n) is 1.58. The number of halogens is 2. The number of hydrogen-bond acceptors (Lipinski definition) is 3. The van der Waals surface area contributed by atoms with Gasteiger partial charge in [0, 0.05) is 6.54 Å². The summed E-state index contributed by atoms with van der Waals surface area (Å²) >= 11 is 5.17. The highest BCUT2D eigenvalue weighted by atomic mass is 35.5. The van der Waals surface area contributed by atoms with Crippen LogP contribution in [0, 0.1) is 5.82 Å². The van der Waals surface area contributed by atoms with Crippen LogP contribution in [0.15, 0.2) is 24.3 Å². The zero-order chi connectivity index (χ0) is 10.4. The number of nitrogens with one attached hydrogen (secondary N) is 1. The van der Waals surface area contributed by atoms with Crippen LogP contribution in [-0.4, -0.2) is 24.4 Å². The fraction of sp³-hybridized carbons (Fsp3) is 0.333. The molecule has 0 heterocycles. The first-order valence-electron chi connectivity index (χ1n) is 4.13. The summed E-state index contributed by atoms with van der Waals surface area (Å²) in [4.78, 5) is 2.27. The maximum Gasteiger partial charge on any atom is 0.165 e. The zero-order valence-electron chi connectivity index (χ0n) is 7.41. The molecule has 0 saturated heterocycles. The van der Waals surface area contributed by atoms with E-state index >= 15 is 0 Å². The lowest BCUT2D eigenvalue weighted by Crippen LogP contribution is -2.27. The van der Waals surface area contributed by atoms with E-state index < -0.39 is 11.9 Å². The van der Waals surface area contributed by atoms with Crippen LogP contribution in [0.1, 0.15) is 0 Å². The van der Waals surface area contributed by atoms with E-state index in [1.165, 1.54) is 12.1 Å². The van der Waals surface area contributed by atoms with Crippen molar-refractivity contribution in [3.8, 4) is 5.75 Å². The van der Waals surface area contributed by atoms with E-state index in [0.717, 1.165) is 0 Å². The number of para-hydroxylation sites is 1. The van der Waals surface area contributed by atoms with Gasteiger partial charge in [0.25, 0.3) is 0 Å². The quantitative estimate of drug-likeness (QED) is 0.734. The maximum absolute atomic E-state index is 13.0. The number of aliphatic hydroxyl groups is 1. The van der Waals surface area contributed by atoms with Gasteiger partial charge in [-0.05, 0) is 23.9 Å². The van der Waals surface area contributed by atoms with E-state index in [1.807, 2.05) is 0 Å². The molecule has 0 bridgehead atoms. The minimum atomic E-state index is -0.757. The summed E-state index contributed by atoms with van der Waals surface area (Å²) < 4.78 is 18.0. The first-order chi connectivity index (χ1) is 6.74. The van der Waals surface area contributed by atoms with Gasteiger partial charge in [0.05, 0.1) is 0 Å². The Kier molecular flexibility index (Phi) is 4.65. The Balaban J connectivity index is 2.41. The van der Waals surface area contributed by atoms with Crippen molar-refractivity contribution < 1.29 is 14.2 Å². The summed E-state index contributed by atoms with van der Waals surface area (Å²) in [6.45, 7) is 0.191. The van der Waals surface area contributed by atoms with E-state index in [9.17, 15) is 9.50 Å². The average Bonchev–Trinajstić information content (AvgIpc) is 2.17. The van der Waals surface area contributed by atoms with Crippen LogP contribution in [0.3, 0.4) is 0 Å². The second-order valence-corrected chi connectivity index (χ2v) is 3.00. The zero-order valence-corrected chi connectivity index (χ0v) is 8.17. The van der Waals surface area contributed by atoms with Gasteiger partial charge in [0.2, 0.25) is 0 Å². The monoisotopic (exact) mass is 219 g/mol. The van der Waals surface area contributed by atoms with Gasteiger partial charge in [-0.15, -0.1) is 0 Å². The molecular formula is C9H11ClFNO2. The Hall–Kier alpha value is -0.840. The largest absolute Gasteiger partial charge is 0.488 e. The molecular weight excluding hydrogens is 209 g/mol. The van der Waals surface area contributed by atoms with Crippen molar-refractivity contribution in [2.24, 2.45) is 0 Å². The van der Waals surface area contributed by atoms with Gasteiger partial charge in [-0.3, -0.25) is 0 Å². The van der Waals surface area contributed by atoms with Crippen LogP contribution < -0.4 is 9.57 Å². The van der Waals surface area contributed by atoms with Crippen LogP contribution in [-0.2, 0) is 0 Å². The minimum absolute atomic E-state index is 0.000648. The Bertz CT molecular complexity index is 285. The van der Waals surface area contributed by atoms with Crippen molar-refractivity contribution in [1.82, 2.24) is 4.84 Å². The molecule has 0 spiro atoms. The normalized spacial score (nSPS) is 12.5. The summed E-state index contributed by atoms with van der Waals surface area (Å²) in [7, 11) is 0. The molecule has 0 radical (unpaired) electrons. The predicted molar refractivity (Wildman–Crippen MR) is 51.8 cm³/mol. The third kappa shape index (κ3) is 3.49. The second-order valence-electron chi connectivity index (χ2n) is 2.73. The molecule has 0 fully saturated rings. The van der Waals surface area contributed by atoms with Crippen molar-refractivity contribution in [2.75, 3.05) is 13.2 Å². The fourth-order valence-electron chi connectivity index (χ4n) is 0.896. The summed E-state index contributed by atoms with van der Waals surface area (Å²) in [5.41, 5.74) is 0. The third-order valence-corrected chi connectivity index (χ3v) is 1.73. The molecule has 1 atom stereocenters. The Morgan fingerprint density at radius 2 is 2.21 bits per heavy atom. The molecule has 0 saturated carbocycles. The highest BCUT2D eigenvalue weighted by molar-refractivity contribution is 6.13. The predicted octanol–water partition coefficient (Wildman–Crippen LogP) is 1.31. The van der Waals surface area contributed by atoms with Crippen LogP contribution in [0.5, 0.6) is 5.75 Å². The molecule has 14 heavy (non-hydrogen) atoms. The van der Waals surface area contributed by atoms with Crippen LogP contribution in [0.25, 0.3) is 0 Å². The van der Waals surface area contributed by atoms with Crippen molar-refractivity contribution in [3.63, 3.8) is 0 Å². The summed E-state index contributed by atoms with van der Waals surface area (Å²) in [6.07, 6.45) is -0.757. The molecule has 3 nitrogen and oxygen atoms in total. The highest BCUT2D eigenvalue weighted by Gasteiger charge is 2.06. The highest BCUT2D eigenvalue weighted by Crippen LogP contribution is 2.15. The minimum Gasteiger partial charge on any atom is -0.488 e. The summed E-state index contributed by atoms with van der Waals surface area (Å²) in [5.74, 6) is -0.320. The van der Waals surface area contributed by atoms with E-state index in [2.05, 4.69) is 4.84 Å². The topological polar surface area (TPSA) is 41.5 Å². The van der Waals surface area contributed by atoms with Gasteiger partial charge in [0.1, 0.15) is 12.7 Å². The van der Waals surface area contributed by atoms with E-state index in [0.29, 0.717) is 0 Å². The molecule has 1 rings (SSSR count). The van der Waals surface area contributed by atoms with Crippen molar-refractivity contribution in [3.05, 3.63) is 30.1 Å². The van der Waals surface area contributed by atoms with E-state index in [-0.39, 0.29) is 18.9 Å². The maximum atomic E-state index is 13.0. The van der Waals surface area contributed by atoms with Crippen LogP contribution >= 0.6 is 11.8 Å². The van der Waals surface area contributed by atoms with Gasteiger partial charge in [-0.1, -0.05) is 12.1 Å².